The molecule has 1 heterocycles. The van der Waals surface area contributed by atoms with Crippen molar-refractivity contribution in [2.75, 3.05) is 13.1 Å². The number of ketones is 3. The van der Waals surface area contributed by atoms with E-state index < -0.39 is 11.0 Å². The number of rotatable bonds is 6. The van der Waals surface area contributed by atoms with E-state index in [1.807, 2.05) is 18.2 Å². The zero-order chi connectivity index (χ0) is 30.4. The van der Waals surface area contributed by atoms with E-state index in [9.17, 15) is 19.2 Å². The Hall–Kier alpha value is -2.34. The number of hydrogen-bond donors (Lipinski definition) is 1. The molecule has 0 bridgehead atoms. The minimum atomic E-state index is -0.604. The molecule has 1 aromatic carbocycles. The molecule has 1 aliphatic heterocycles. The van der Waals surface area contributed by atoms with E-state index >= 15 is 0 Å². The van der Waals surface area contributed by atoms with Gasteiger partial charge >= 0.3 is 5.97 Å². The van der Waals surface area contributed by atoms with Gasteiger partial charge in [0, 0.05) is 49.9 Å². The zero-order valence-electron chi connectivity index (χ0n) is 26.5. The summed E-state index contributed by atoms with van der Waals surface area (Å²) in [7, 11) is 0. The molecule has 1 saturated heterocycles. The van der Waals surface area contributed by atoms with E-state index in [4.69, 9.17) is 4.74 Å². The van der Waals surface area contributed by atoms with Gasteiger partial charge in [0.05, 0.1) is 0 Å². The number of carbonyl (C=O) groups is 4. The maximum absolute atomic E-state index is 14.1. The fraction of sp³-hybridized carbons (Fsp3) is 0.730. The Bertz CT molecular complexity index is 1230. The Labute approximate surface area is 257 Å². The molecule has 6 heteroatoms. The number of ether oxygens (including phenoxy) is 1. The predicted octanol–water partition coefficient (Wildman–Crippen LogP) is 6.59. The SMILES string of the molecule is C[C@H](CCC(=O)OC1(c2ccccc2)CCCCNCC1)[C@H]1CC[C@H]2[C@@H]3C(=O)C[C@@H]4CC(=O)CC[C@]4(C)[C@H]3CC(=O)[C@]12C. The summed E-state index contributed by atoms with van der Waals surface area (Å²) in [6.07, 6.45) is 9.38. The van der Waals surface area contributed by atoms with Gasteiger partial charge in [0.25, 0.3) is 0 Å². The van der Waals surface area contributed by atoms with Crippen LogP contribution in [0, 0.1) is 46.3 Å². The van der Waals surface area contributed by atoms with Crippen molar-refractivity contribution in [3.8, 4) is 0 Å². The van der Waals surface area contributed by atoms with Gasteiger partial charge in [-0.3, -0.25) is 19.2 Å². The monoisotopic (exact) mass is 589 g/mol. The lowest BCUT2D eigenvalue weighted by molar-refractivity contribution is -0.166. The first-order chi connectivity index (χ1) is 20.6. The van der Waals surface area contributed by atoms with Gasteiger partial charge in [-0.15, -0.1) is 0 Å². The second-order valence-corrected chi connectivity index (χ2v) is 15.3. The Balaban J connectivity index is 1.14. The number of Topliss-reactive ketones (excluding diaryl/α,β-unsaturated/α-hetero) is 3. The average molecular weight is 590 g/mol. The van der Waals surface area contributed by atoms with Crippen LogP contribution >= 0.6 is 0 Å². The standard InChI is InChI=1S/C37H51NO5/c1-24(11-14-33(42)43-37(25-9-5-4-6-10-25)16-7-8-19-38-20-18-37)28-12-13-29-34-30(23-32(41)36(28,29)3)35(2)17-15-27(39)21-26(35)22-31(34)40/h4-6,9-10,24,26,28-30,34,38H,7-8,11-23H2,1-3H3/t24-,26+,28-,29+,30+,34+,35+,36-,37?/m1/s1. The van der Waals surface area contributed by atoms with Crippen LogP contribution in [0.5, 0.6) is 0 Å². The molecule has 0 aromatic heterocycles. The molecule has 1 N–H and O–H groups in total. The highest BCUT2D eigenvalue weighted by molar-refractivity contribution is 5.93. The molecule has 0 amide bonds. The molecule has 4 aliphatic carbocycles. The maximum Gasteiger partial charge on any atom is 0.306 e. The van der Waals surface area contributed by atoms with Crippen molar-refractivity contribution in [1.82, 2.24) is 5.32 Å². The van der Waals surface area contributed by atoms with Crippen LogP contribution in [-0.4, -0.2) is 36.4 Å². The molecule has 1 aromatic rings. The third kappa shape index (κ3) is 5.34. The molecule has 1 unspecified atom stereocenters. The van der Waals surface area contributed by atoms with Gasteiger partial charge < -0.3 is 10.1 Å². The summed E-state index contributed by atoms with van der Waals surface area (Å²) in [4.78, 5) is 53.6. The molecule has 43 heavy (non-hydrogen) atoms. The largest absolute Gasteiger partial charge is 0.454 e. The molecule has 5 fully saturated rings. The summed E-state index contributed by atoms with van der Waals surface area (Å²) < 4.78 is 6.41. The Morgan fingerprint density at radius 2 is 1.74 bits per heavy atom. The van der Waals surface area contributed by atoms with Crippen LogP contribution < -0.4 is 5.32 Å². The van der Waals surface area contributed by atoms with E-state index in [-0.39, 0.29) is 52.7 Å². The molecule has 6 nitrogen and oxygen atoms in total. The highest BCUT2D eigenvalue weighted by atomic mass is 16.6. The van der Waals surface area contributed by atoms with Gasteiger partial charge in [-0.05, 0) is 98.6 Å². The molecule has 4 saturated carbocycles. The van der Waals surface area contributed by atoms with Crippen LogP contribution in [0.2, 0.25) is 0 Å². The molecule has 6 rings (SSSR count). The molecular formula is C37H51NO5. The van der Waals surface area contributed by atoms with Crippen LogP contribution in [0.4, 0.5) is 0 Å². The maximum atomic E-state index is 14.1. The summed E-state index contributed by atoms with van der Waals surface area (Å²) >= 11 is 0. The van der Waals surface area contributed by atoms with Crippen LogP contribution in [-0.2, 0) is 29.5 Å². The van der Waals surface area contributed by atoms with Gasteiger partial charge in [0.2, 0.25) is 0 Å². The quantitative estimate of drug-likeness (QED) is 0.377. The molecule has 0 radical (unpaired) electrons. The fourth-order valence-corrected chi connectivity index (χ4v) is 10.6. The first-order valence-electron chi connectivity index (χ1n) is 17.1. The summed E-state index contributed by atoms with van der Waals surface area (Å²) in [6.45, 7) is 8.42. The van der Waals surface area contributed by atoms with E-state index in [2.05, 4.69) is 38.2 Å². The number of carbonyl (C=O) groups excluding carboxylic acids is 4. The number of benzene rings is 1. The van der Waals surface area contributed by atoms with Crippen molar-refractivity contribution >= 4 is 23.3 Å². The van der Waals surface area contributed by atoms with Crippen molar-refractivity contribution in [3.05, 3.63) is 35.9 Å². The lowest BCUT2D eigenvalue weighted by atomic mass is 9.44. The molecule has 9 atom stereocenters. The first kappa shape index (κ1) is 30.7. The topological polar surface area (TPSA) is 89.5 Å². The summed E-state index contributed by atoms with van der Waals surface area (Å²) in [5.41, 5.74) is -0.154. The highest BCUT2D eigenvalue weighted by Gasteiger charge is 2.66. The molecule has 234 valence electrons. The average Bonchev–Trinajstić information content (AvgIpc) is 3.33. The molecule has 0 spiro atoms. The minimum absolute atomic E-state index is 0.0638. The molecular weight excluding hydrogens is 538 g/mol. The Kier molecular flexibility index (Phi) is 8.47. The second-order valence-electron chi connectivity index (χ2n) is 15.3. The summed E-state index contributed by atoms with van der Waals surface area (Å²) in [5.74, 6) is 1.23. The zero-order valence-corrected chi connectivity index (χ0v) is 26.5. The van der Waals surface area contributed by atoms with Gasteiger partial charge in [-0.25, -0.2) is 0 Å². The van der Waals surface area contributed by atoms with Gasteiger partial charge in [-0.1, -0.05) is 51.1 Å². The van der Waals surface area contributed by atoms with Crippen molar-refractivity contribution in [2.45, 2.75) is 110 Å². The first-order valence-corrected chi connectivity index (χ1v) is 17.1. The molecule has 5 aliphatic rings. The normalized spacial score (nSPS) is 40.4. The van der Waals surface area contributed by atoms with E-state index in [0.717, 1.165) is 63.6 Å². The number of esters is 1. The van der Waals surface area contributed by atoms with Crippen molar-refractivity contribution in [1.29, 1.82) is 0 Å². The number of hydrogen-bond acceptors (Lipinski definition) is 6. The van der Waals surface area contributed by atoms with Crippen molar-refractivity contribution in [2.24, 2.45) is 46.3 Å². The predicted molar refractivity (Wildman–Crippen MR) is 165 cm³/mol. The number of nitrogens with one attached hydrogen (secondary N) is 1. The second kappa shape index (κ2) is 11.9. The summed E-state index contributed by atoms with van der Waals surface area (Å²) in [6, 6.07) is 10.2. The van der Waals surface area contributed by atoms with E-state index in [0.29, 0.717) is 50.1 Å². The van der Waals surface area contributed by atoms with E-state index in [1.165, 1.54) is 0 Å². The van der Waals surface area contributed by atoms with Crippen LogP contribution in [0.3, 0.4) is 0 Å². The summed E-state index contributed by atoms with van der Waals surface area (Å²) in [5, 5.41) is 3.49. The van der Waals surface area contributed by atoms with E-state index in [1.54, 1.807) is 0 Å². The third-order valence-corrected chi connectivity index (χ3v) is 13.2. The van der Waals surface area contributed by atoms with Crippen LogP contribution in [0.1, 0.15) is 110 Å². The Morgan fingerprint density at radius 1 is 0.953 bits per heavy atom. The fourth-order valence-electron chi connectivity index (χ4n) is 10.6. The highest BCUT2D eigenvalue weighted by Crippen LogP contribution is 2.66. The smallest absolute Gasteiger partial charge is 0.306 e. The van der Waals surface area contributed by atoms with Crippen molar-refractivity contribution < 1.29 is 23.9 Å². The minimum Gasteiger partial charge on any atom is -0.454 e. The van der Waals surface area contributed by atoms with Crippen molar-refractivity contribution in [3.63, 3.8) is 0 Å². The number of fused-ring (bicyclic) bond motifs is 5. The lowest BCUT2D eigenvalue weighted by Gasteiger charge is -2.58. The Morgan fingerprint density at radius 3 is 2.53 bits per heavy atom. The van der Waals surface area contributed by atoms with Gasteiger partial charge in [0.1, 0.15) is 23.0 Å². The van der Waals surface area contributed by atoms with Gasteiger partial charge in [-0.2, -0.15) is 0 Å². The van der Waals surface area contributed by atoms with Crippen LogP contribution in [0.15, 0.2) is 30.3 Å². The van der Waals surface area contributed by atoms with Crippen LogP contribution in [0.25, 0.3) is 0 Å². The lowest BCUT2D eigenvalue weighted by Crippen LogP contribution is -2.60. The third-order valence-electron chi connectivity index (χ3n) is 13.2. The van der Waals surface area contributed by atoms with Gasteiger partial charge in [0.15, 0.2) is 0 Å².